The molecule has 2 aromatic rings. The third kappa shape index (κ3) is 3.43. The van der Waals surface area contributed by atoms with Gasteiger partial charge in [0.1, 0.15) is 11.9 Å². The number of anilines is 1. The largest absolute Gasteiger partial charge is 0.311 e. The molecule has 0 spiro atoms. The van der Waals surface area contributed by atoms with Gasteiger partial charge in [-0.25, -0.2) is 12.8 Å². The van der Waals surface area contributed by atoms with Gasteiger partial charge in [0.25, 0.3) is 0 Å². The van der Waals surface area contributed by atoms with E-state index in [2.05, 4.69) is 4.72 Å². The van der Waals surface area contributed by atoms with E-state index in [0.717, 1.165) is 0 Å². The molecule has 5 nitrogen and oxygen atoms in total. The summed E-state index contributed by atoms with van der Waals surface area (Å²) in [6.07, 6.45) is 0.361. The van der Waals surface area contributed by atoms with Gasteiger partial charge in [-0.3, -0.25) is 4.79 Å². The van der Waals surface area contributed by atoms with Gasteiger partial charge >= 0.3 is 0 Å². The van der Waals surface area contributed by atoms with E-state index >= 15 is 0 Å². The smallest absolute Gasteiger partial charge is 0.245 e. The molecule has 1 aliphatic heterocycles. The number of rotatable bonds is 4. The van der Waals surface area contributed by atoms with Gasteiger partial charge in [-0.05, 0) is 55.7 Å². The Morgan fingerprint density at radius 2 is 1.84 bits per heavy atom. The first kappa shape index (κ1) is 17.6. The van der Waals surface area contributed by atoms with Gasteiger partial charge in [0.15, 0.2) is 0 Å². The first-order chi connectivity index (χ1) is 11.8. The van der Waals surface area contributed by atoms with E-state index in [1.807, 2.05) is 0 Å². The average Bonchev–Trinajstić information content (AvgIpc) is 2.91. The standard InChI is InChI=1S/C18H19FN2O3S/c1-12-5-3-4-6-17(12)25(23,24)20-16-9-10-21(18(16)22)14-7-8-15(19)13(2)11-14/h3-8,11,16,20H,9-10H2,1-2H3/t16-/m1/s1. The van der Waals surface area contributed by atoms with Crippen LogP contribution in [0.25, 0.3) is 0 Å². The number of carbonyl (C=O) groups is 1. The molecule has 0 aliphatic carbocycles. The summed E-state index contributed by atoms with van der Waals surface area (Å²) in [7, 11) is -3.79. The Balaban J connectivity index is 1.80. The van der Waals surface area contributed by atoms with Gasteiger partial charge in [-0.15, -0.1) is 0 Å². The third-order valence-electron chi connectivity index (χ3n) is 4.34. The van der Waals surface area contributed by atoms with Crippen LogP contribution in [-0.4, -0.2) is 26.9 Å². The number of benzene rings is 2. The quantitative estimate of drug-likeness (QED) is 0.909. The van der Waals surface area contributed by atoms with E-state index in [9.17, 15) is 17.6 Å². The average molecular weight is 362 g/mol. The number of halogens is 1. The molecular formula is C18H19FN2O3S. The SMILES string of the molecule is Cc1cc(N2CC[C@@H](NS(=O)(=O)c3ccccc3C)C2=O)ccc1F. The number of hydrogen-bond donors (Lipinski definition) is 1. The predicted molar refractivity (Wildman–Crippen MR) is 93.4 cm³/mol. The Labute approximate surface area is 146 Å². The summed E-state index contributed by atoms with van der Waals surface area (Å²) in [4.78, 5) is 14.3. The molecule has 0 aromatic heterocycles. The molecule has 1 aliphatic rings. The summed E-state index contributed by atoms with van der Waals surface area (Å²) < 4.78 is 41.0. The van der Waals surface area contributed by atoms with E-state index in [0.29, 0.717) is 29.8 Å². The van der Waals surface area contributed by atoms with Crippen LogP contribution in [0.15, 0.2) is 47.4 Å². The molecule has 1 amide bonds. The molecule has 1 heterocycles. The number of aryl methyl sites for hydroxylation is 2. The molecule has 0 bridgehead atoms. The lowest BCUT2D eigenvalue weighted by molar-refractivity contribution is -0.118. The number of nitrogens with one attached hydrogen (secondary N) is 1. The number of nitrogens with zero attached hydrogens (tertiary/aromatic N) is 1. The first-order valence-corrected chi connectivity index (χ1v) is 9.43. The monoisotopic (exact) mass is 362 g/mol. The summed E-state index contributed by atoms with van der Waals surface area (Å²) in [6, 6.07) is 10.2. The Bertz CT molecular complexity index is 928. The number of carbonyl (C=O) groups excluding carboxylic acids is 1. The molecule has 2 aromatic carbocycles. The highest BCUT2D eigenvalue weighted by Gasteiger charge is 2.36. The lowest BCUT2D eigenvalue weighted by Gasteiger charge is -2.18. The second-order valence-corrected chi connectivity index (χ2v) is 7.83. The van der Waals surface area contributed by atoms with Crippen molar-refractivity contribution in [1.82, 2.24) is 4.72 Å². The molecule has 0 saturated carbocycles. The predicted octanol–water partition coefficient (Wildman–Crippen LogP) is 2.53. The maximum atomic E-state index is 13.4. The zero-order chi connectivity index (χ0) is 18.2. The Morgan fingerprint density at radius 3 is 2.52 bits per heavy atom. The molecular weight excluding hydrogens is 343 g/mol. The van der Waals surface area contributed by atoms with Crippen molar-refractivity contribution >= 4 is 21.6 Å². The molecule has 3 rings (SSSR count). The summed E-state index contributed by atoms with van der Waals surface area (Å²) >= 11 is 0. The van der Waals surface area contributed by atoms with Gasteiger partial charge in [-0.2, -0.15) is 4.72 Å². The topological polar surface area (TPSA) is 66.5 Å². The molecule has 7 heteroatoms. The Morgan fingerprint density at radius 1 is 1.12 bits per heavy atom. The van der Waals surface area contributed by atoms with Gasteiger partial charge < -0.3 is 4.90 Å². The third-order valence-corrected chi connectivity index (χ3v) is 5.97. The number of sulfonamides is 1. The van der Waals surface area contributed by atoms with E-state index in [4.69, 9.17) is 0 Å². The fourth-order valence-electron chi connectivity index (χ4n) is 2.95. The van der Waals surface area contributed by atoms with Gasteiger partial charge in [0.05, 0.1) is 4.90 Å². The fourth-order valence-corrected chi connectivity index (χ4v) is 4.42. The van der Waals surface area contributed by atoms with Crippen molar-refractivity contribution in [3.8, 4) is 0 Å². The van der Waals surface area contributed by atoms with Gasteiger partial charge in [-0.1, -0.05) is 18.2 Å². The maximum absolute atomic E-state index is 13.4. The van der Waals surface area contributed by atoms with Crippen molar-refractivity contribution in [3.05, 3.63) is 59.4 Å². The summed E-state index contributed by atoms with van der Waals surface area (Å²) in [5.41, 5.74) is 1.63. The second-order valence-electron chi connectivity index (χ2n) is 6.15. The van der Waals surface area contributed by atoms with Crippen LogP contribution in [-0.2, 0) is 14.8 Å². The van der Waals surface area contributed by atoms with Crippen molar-refractivity contribution in [2.75, 3.05) is 11.4 Å². The van der Waals surface area contributed by atoms with E-state index < -0.39 is 16.1 Å². The minimum absolute atomic E-state index is 0.166. The zero-order valence-electron chi connectivity index (χ0n) is 14.0. The highest BCUT2D eigenvalue weighted by molar-refractivity contribution is 7.89. The maximum Gasteiger partial charge on any atom is 0.245 e. The molecule has 25 heavy (non-hydrogen) atoms. The fraction of sp³-hybridized carbons (Fsp3) is 0.278. The minimum atomic E-state index is -3.79. The van der Waals surface area contributed by atoms with E-state index in [-0.39, 0.29) is 16.6 Å². The lowest BCUT2D eigenvalue weighted by atomic mass is 10.2. The summed E-state index contributed by atoms with van der Waals surface area (Å²) in [5.74, 6) is -0.671. The molecule has 1 fully saturated rings. The molecule has 132 valence electrons. The van der Waals surface area contributed by atoms with Crippen molar-refractivity contribution < 1.29 is 17.6 Å². The Hall–Kier alpha value is -2.25. The van der Waals surface area contributed by atoms with Crippen molar-refractivity contribution in [2.45, 2.75) is 31.2 Å². The highest BCUT2D eigenvalue weighted by Crippen LogP contribution is 2.25. The first-order valence-electron chi connectivity index (χ1n) is 7.95. The van der Waals surface area contributed by atoms with Crippen LogP contribution >= 0.6 is 0 Å². The summed E-state index contributed by atoms with van der Waals surface area (Å²) in [5, 5.41) is 0. The van der Waals surface area contributed by atoms with E-state index in [1.54, 1.807) is 38.1 Å². The lowest BCUT2D eigenvalue weighted by Crippen LogP contribution is -2.41. The Kier molecular flexibility index (Phi) is 4.62. The van der Waals surface area contributed by atoms with Crippen LogP contribution in [0.5, 0.6) is 0 Å². The number of amides is 1. The minimum Gasteiger partial charge on any atom is -0.311 e. The van der Waals surface area contributed by atoms with Crippen LogP contribution in [0.2, 0.25) is 0 Å². The van der Waals surface area contributed by atoms with Crippen LogP contribution in [0, 0.1) is 19.7 Å². The van der Waals surface area contributed by atoms with Gasteiger partial charge in [0.2, 0.25) is 15.9 Å². The van der Waals surface area contributed by atoms with Gasteiger partial charge in [0, 0.05) is 12.2 Å². The van der Waals surface area contributed by atoms with Crippen LogP contribution < -0.4 is 9.62 Å². The molecule has 0 radical (unpaired) electrons. The van der Waals surface area contributed by atoms with Crippen molar-refractivity contribution in [2.24, 2.45) is 0 Å². The highest BCUT2D eigenvalue weighted by atomic mass is 32.2. The number of hydrogen-bond acceptors (Lipinski definition) is 3. The second kappa shape index (κ2) is 6.57. The van der Waals surface area contributed by atoms with Crippen molar-refractivity contribution in [1.29, 1.82) is 0 Å². The van der Waals surface area contributed by atoms with Crippen LogP contribution in [0.1, 0.15) is 17.5 Å². The van der Waals surface area contributed by atoms with Crippen LogP contribution in [0.4, 0.5) is 10.1 Å². The summed E-state index contributed by atoms with van der Waals surface area (Å²) in [6.45, 7) is 3.71. The zero-order valence-corrected chi connectivity index (χ0v) is 14.8. The van der Waals surface area contributed by atoms with E-state index in [1.165, 1.54) is 23.1 Å². The van der Waals surface area contributed by atoms with Crippen LogP contribution in [0.3, 0.4) is 0 Å². The normalized spacial score (nSPS) is 18.0. The molecule has 1 saturated heterocycles. The molecule has 1 N–H and O–H groups in total. The molecule has 0 unspecified atom stereocenters. The molecule has 1 atom stereocenters. The van der Waals surface area contributed by atoms with Crippen molar-refractivity contribution in [3.63, 3.8) is 0 Å².